The number of hydrogen-bond acceptors (Lipinski definition) is 4. The van der Waals surface area contributed by atoms with Gasteiger partial charge in [-0.3, -0.25) is 9.59 Å². The fourth-order valence-corrected chi connectivity index (χ4v) is 5.79. The zero-order chi connectivity index (χ0) is 25.2. The van der Waals surface area contributed by atoms with Crippen molar-refractivity contribution in [3.63, 3.8) is 0 Å². The standard InChI is InChI=1S/C28H28F2N4O2/c29-21-9-5-19(6-10-21)18-34-25-4-2-1-3-23(25)26(24(17-31)28(34)36)32-13-15-33(16-14-32)27(35)20-7-11-22(30)12-8-20/h5-12,23,25H,1-4,13-16,18H2. The van der Waals surface area contributed by atoms with E-state index in [4.69, 9.17) is 0 Å². The van der Waals surface area contributed by atoms with Crippen LogP contribution in [0.3, 0.4) is 0 Å². The van der Waals surface area contributed by atoms with Gasteiger partial charge in [0.25, 0.3) is 11.8 Å². The highest BCUT2D eigenvalue weighted by molar-refractivity contribution is 5.99. The van der Waals surface area contributed by atoms with Crippen LogP contribution in [0.2, 0.25) is 0 Å². The summed E-state index contributed by atoms with van der Waals surface area (Å²) in [7, 11) is 0. The van der Waals surface area contributed by atoms with Crippen molar-refractivity contribution in [2.75, 3.05) is 26.2 Å². The van der Waals surface area contributed by atoms with E-state index in [0.29, 0.717) is 38.3 Å². The second-order valence-corrected chi connectivity index (χ2v) is 9.68. The Hall–Kier alpha value is -3.73. The monoisotopic (exact) mass is 490 g/mol. The fourth-order valence-electron chi connectivity index (χ4n) is 5.79. The molecule has 0 bridgehead atoms. The van der Waals surface area contributed by atoms with E-state index in [1.807, 2.05) is 0 Å². The molecule has 0 spiro atoms. The minimum Gasteiger partial charge on any atom is -0.370 e. The van der Waals surface area contributed by atoms with Crippen LogP contribution in [0.15, 0.2) is 59.8 Å². The normalized spacial score (nSPS) is 22.4. The Labute approximate surface area is 209 Å². The van der Waals surface area contributed by atoms with E-state index in [1.54, 1.807) is 21.9 Å². The zero-order valence-electron chi connectivity index (χ0n) is 20.0. The van der Waals surface area contributed by atoms with Gasteiger partial charge in [-0.1, -0.05) is 25.0 Å². The smallest absolute Gasteiger partial charge is 0.266 e. The number of benzene rings is 2. The zero-order valence-corrected chi connectivity index (χ0v) is 20.0. The third-order valence-corrected chi connectivity index (χ3v) is 7.59. The molecule has 8 heteroatoms. The van der Waals surface area contributed by atoms with Crippen LogP contribution in [0.4, 0.5) is 8.78 Å². The number of rotatable bonds is 4. The second kappa shape index (κ2) is 10.1. The Morgan fingerprint density at radius 1 is 0.917 bits per heavy atom. The number of piperazine rings is 1. The summed E-state index contributed by atoms with van der Waals surface area (Å²) in [5.74, 6) is -1.07. The molecule has 36 heavy (non-hydrogen) atoms. The van der Waals surface area contributed by atoms with Gasteiger partial charge in [0.05, 0.1) is 0 Å². The van der Waals surface area contributed by atoms with Crippen LogP contribution in [-0.4, -0.2) is 58.7 Å². The lowest BCUT2D eigenvalue weighted by atomic mass is 9.76. The molecule has 2 heterocycles. The number of carbonyl (C=O) groups is 2. The average molecular weight is 491 g/mol. The Bertz CT molecular complexity index is 1210. The van der Waals surface area contributed by atoms with Crippen LogP contribution in [-0.2, 0) is 11.3 Å². The molecule has 6 nitrogen and oxygen atoms in total. The van der Waals surface area contributed by atoms with E-state index >= 15 is 0 Å². The van der Waals surface area contributed by atoms with Gasteiger partial charge < -0.3 is 14.7 Å². The second-order valence-electron chi connectivity index (χ2n) is 9.68. The lowest BCUT2D eigenvalue weighted by Gasteiger charge is -2.49. The fraction of sp³-hybridized carbons (Fsp3) is 0.393. The summed E-state index contributed by atoms with van der Waals surface area (Å²) in [5.41, 5.74) is 2.27. The van der Waals surface area contributed by atoms with Gasteiger partial charge in [-0.05, 0) is 54.8 Å². The average Bonchev–Trinajstić information content (AvgIpc) is 2.91. The predicted octanol–water partition coefficient (Wildman–Crippen LogP) is 4.10. The number of nitriles is 1. The molecule has 3 aliphatic rings. The molecule has 2 aliphatic heterocycles. The topological polar surface area (TPSA) is 67.7 Å². The van der Waals surface area contributed by atoms with E-state index in [2.05, 4.69) is 11.0 Å². The Balaban J connectivity index is 1.37. The first-order valence-corrected chi connectivity index (χ1v) is 12.5. The van der Waals surface area contributed by atoms with Gasteiger partial charge >= 0.3 is 0 Å². The van der Waals surface area contributed by atoms with Crippen molar-refractivity contribution in [3.05, 3.63) is 82.6 Å². The van der Waals surface area contributed by atoms with Crippen molar-refractivity contribution in [3.8, 4) is 6.07 Å². The van der Waals surface area contributed by atoms with Crippen molar-refractivity contribution < 1.29 is 18.4 Å². The maximum atomic E-state index is 13.6. The van der Waals surface area contributed by atoms with Gasteiger partial charge in [-0.2, -0.15) is 5.26 Å². The van der Waals surface area contributed by atoms with Crippen molar-refractivity contribution in [1.29, 1.82) is 5.26 Å². The van der Waals surface area contributed by atoms with Crippen LogP contribution >= 0.6 is 0 Å². The molecule has 2 fully saturated rings. The number of fused-ring (bicyclic) bond motifs is 1. The number of amides is 2. The molecule has 2 atom stereocenters. The Morgan fingerprint density at radius 2 is 1.53 bits per heavy atom. The minimum absolute atomic E-state index is 0.0118. The van der Waals surface area contributed by atoms with E-state index in [9.17, 15) is 23.6 Å². The van der Waals surface area contributed by atoms with Crippen LogP contribution in [0, 0.1) is 28.9 Å². The number of carbonyl (C=O) groups excluding carboxylic acids is 2. The molecule has 0 radical (unpaired) electrons. The summed E-state index contributed by atoms with van der Waals surface area (Å²) in [6.45, 7) is 2.33. The third kappa shape index (κ3) is 4.58. The predicted molar refractivity (Wildman–Crippen MR) is 129 cm³/mol. The summed E-state index contributed by atoms with van der Waals surface area (Å²) < 4.78 is 26.6. The van der Waals surface area contributed by atoms with Crippen molar-refractivity contribution in [1.82, 2.24) is 14.7 Å². The number of halogens is 2. The quantitative estimate of drug-likeness (QED) is 0.647. The SMILES string of the molecule is N#CC1=C(N2CCN(C(=O)c3ccc(F)cc3)CC2)C2CCCCC2N(Cc2ccc(F)cc2)C1=O. The van der Waals surface area contributed by atoms with Crippen LogP contribution in [0.5, 0.6) is 0 Å². The van der Waals surface area contributed by atoms with Gasteiger partial charge in [0, 0.05) is 55.9 Å². The molecule has 2 aromatic carbocycles. The van der Waals surface area contributed by atoms with Crippen LogP contribution < -0.4 is 0 Å². The van der Waals surface area contributed by atoms with E-state index in [-0.39, 0.29) is 41.0 Å². The number of hydrogen-bond donors (Lipinski definition) is 0. The molecule has 0 N–H and O–H groups in total. The molecule has 186 valence electrons. The molecule has 0 aromatic heterocycles. The highest BCUT2D eigenvalue weighted by Crippen LogP contribution is 2.41. The van der Waals surface area contributed by atoms with Crippen LogP contribution in [0.1, 0.15) is 41.6 Å². The van der Waals surface area contributed by atoms with Gasteiger partial charge in [-0.15, -0.1) is 0 Å². The Morgan fingerprint density at radius 3 is 2.17 bits per heavy atom. The van der Waals surface area contributed by atoms with Crippen LogP contribution in [0.25, 0.3) is 0 Å². The molecule has 2 unspecified atom stereocenters. The molecule has 1 saturated carbocycles. The maximum Gasteiger partial charge on any atom is 0.266 e. The molecular weight excluding hydrogens is 462 g/mol. The summed E-state index contributed by atoms with van der Waals surface area (Å²) >= 11 is 0. The molecule has 1 saturated heterocycles. The minimum atomic E-state index is -0.384. The van der Waals surface area contributed by atoms with E-state index in [1.165, 1.54) is 36.4 Å². The highest BCUT2D eigenvalue weighted by Gasteiger charge is 2.45. The first kappa shape index (κ1) is 24.0. The lowest BCUT2D eigenvalue weighted by Crippen LogP contribution is -2.56. The summed E-state index contributed by atoms with van der Waals surface area (Å²) in [6.07, 6.45) is 3.81. The molecule has 5 rings (SSSR count). The molecule has 1 aliphatic carbocycles. The van der Waals surface area contributed by atoms with E-state index in [0.717, 1.165) is 36.9 Å². The Kier molecular flexibility index (Phi) is 6.73. The lowest BCUT2D eigenvalue weighted by molar-refractivity contribution is -0.133. The van der Waals surface area contributed by atoms with Crippen molar-refractivity contribution in [2.45, 2.75) is 38.3 Å². The largest absolute Gasteiger partial charge is 0.370 e. The molecule has 2 aromatic rings. The molecular formula is C28H28F2N4O2. The van der Waals surface area contributed by atoms with E-state index < -0.39 is 0 Å². The molecule has 2 amide bonds. The maximum absolute atomic E-state index is 13.6. The highest BCUT2D eigenvalue weighted by atomic mass is 19.1. The van der Waals surface area contributed by atoms with Gasteiger partial charge in [0.1, 0.15) is 23.3 Å². The first-order valence-electron chi connectivity index (χ1n) is 12.5. The van der Waals surface area contributed by atoms with Crippen molar-refractivity contribution in [2.24, 2.45) is 5.92 Å². The van der Waals surface area contributed by atoms with Gasteiger partial charge in [0.2, 0.25) is 0 Å². The first-order chi connectivity index (χ1) is 17.5. The van der Waals surface area contributed by atoms with Gasteiger partial charge in [0.15, 0.2) is 0 Å². The summed E-state index contributed by atoms with van der Waals surface area (Å²) in [5, 5.41) is 10.1. The van der Waals surface area contributed by atoms with Crippen molar-refractivity contribution >= 4 is 11.8 Å². The summed E-state index contributed by atoms with van der Waals surface area (Å²) in [4.78, 5) is 32.1. The number of nitrogens with zero attached hydrogens (tertiary/aromatic N) is 4. The van der Waals surface area contributed by atoms with Gasteiger partial charge in [-0.25, -0.2) is 8.78 Å². The third-order valence-electron chi connectivity index (χ3n) is 7.59. The summed E-state index contributed by atoms with van der Waals surface area (Å²) in [6, 6.07) is 13.9.